The fourth-order valence-electron chi connectivity index (χ4n) is 3.80. The minimum Gasteiger partial charge on any atom is -0.320 e. The Balaban J connectivity index is 1.71. The molecule has 0 aromatic rings. The van der Waals surface area contributed by atoms with E-state index in [0.29, 0.717) is 0 Å². The summed E-state index contributed by atoms with van der Waals surface area (Å²) < 4.78 is 0. The van der Waals surface area contributed by atoms with Crippen LogP contribution in [-0.4, -0.2) is 13.6 Å². The van der Waals surface area contributed by atoms with Gasteiger partial charge in [0.05, 0.1) is 0 Å². The summed E-state index contributed by atoms with van der Waals surface area (Å²) >= 11 is 0. The van der Waals surface area contributed by atoms with Crippen LogP contribution in [-0.2, 0) is 0 Å². The lowest BCUT2D eigenvalue weighted by Gasteiger charge is -2.39. The molecule has 2 aliphatic carbocycles. The Morgan fingerprint density at radius 3 is 2.60 bits per heavy atom. The van der Waals surface area contributed by atoms with Gasteiger partial charge >= 0.3 is 0 Å². The topological polar surface area (TPSA) is 12.0 Å². The van der Waals surface area contributed by atoms with Crippen molar-refractivity contribution in [1.82, 2.24) is 5.32 Å². The van der Waals surface area contributed by atoms with Gasteiger partial charge in [0.25, 0.3) is 0 Å². The van der Waals surface area contributed by atoms with E-state index in [-0.39, 0.29) is 0 Å². The second-order valence-electron chi connectivity index (χ2n) is 5.73. The van der Waals surface area contributed by atoms with Crippen molar-refractivity contribution in [1.29, 1.82) is 0 Å². The normalized spacial score (nSPS) is 36.2. The molecule has 88 valence electrons. The van der Waals surface area contributed by atoms with E-state index in [1.807, 2.05) is 0 Å². The van der Waals surface area contributed by atoms with Gasteiger partial charge in [0, 0.05) is 0 Å². The van der Waals surface area contributed by atoms with E-state index >= 15 is 0 Å². The Morgan fingerprint density at radius 2 is 1.80 bits per heavy atom. The van der Waals surface area contributed by atoms with Crippen molar-refractivity contribution in [3.05, 3.63) is 0 Å². The van der Waals surface area contributed by atoms with E-state index in [0.717, 1.165) is 17.8 Å². The number of hydrogen-bond donors (Lipinski definition) is 1. The van der Waals surface area contributed by atoms with Crippen LogP contribution in [0.15, 0.2) is 0 Å². The van der Waals surface area contributed by atoms with Crippen molar-refractivity contribution in [2.45, 2.75) is 57.8 Å². The largest absolute Gasteiger partial charge is 0.320 e. The van der Waals surface area contributed by atoms with Crippen molar-refractivity contribution >= 4 is 0 Å². The van der Waals surface area contributed by atoms with Crippen molar-refractivity contribution in [2.24, 2.45) is 17.8 Å². The summed E-state index contributed by atoms with van der Waals surface area (Å²) in [5, 5.41) is 3.26. The first kappa shape index (κ1) is 11.4. The van der Waals surface area contributed by atoms with Crippen LogP contribution >= 0.6 is 0 Å². The van der Waals surface area contributed by atoms with Crippen LogP contribution in [0.2, 0.25) is 0 Å². The van der Waals surface area contributed by atoms with Crippen LogP contribution in [0.1, 0.15) is 57.8 Å². The van der Waals surface area contributed by atoms with Gasteiger partial charge in [-0.05, 0) is 57.0 Å². The van der Waals surface area contributed by atoms with Crippen molar-refractivity contribution in [2.75, 3.05) is 13.6 Å². The van der Waals surface area contributed by atoms with Crippen molar-refractivity contribution < 1.29 is 0 Å². The summed E-state index contributed by atoms with van der Waals surface area (Å²) in [4.78, 5) is 0. The number of rotatable bonds is 4. The Morgan fingerprint density at radius 1 is 1.00 bits per heavy atom. The smallest absolute Gasteiger partial charge is 0.00518 e. The average molecular weight is 209 g/mol. The van der Waals surface area contributed by atoms with Crippen LogP contribution in [0.3, 0.4) is 0 Å². The minimum atomic E-state index is 1.07. The molecule has 3 atom stereocenters. The number of hydrogen-bond acceptors (Lipinski definition) is 1. The first-order valence-electron chi connectivity index (χ1n) is 7.04. The lowest BCUT2D eigenvalue weighted by atomic mass is 9.67. The van der Waals surface area contributed by atoms with Crippen LogP contribution in [0.25, 0.3) is 0 Å². The second kappa shape index (κ2) is 5.89. The molecule has 0 heterocycles. The van der Waals surface area contributed by atoms with Gasteiger partial charge in [0.15, 0.2) is 0 Å². The molecule has 0 aromatic carbocycles. The van der Waals surface area contributed by atoms with Gasteiger partial charge in [-0.25, -0.2) is 0 Å². The van der Waals surface area contributed by atoms with E-state index in [9.17, 15) is 0 Å². The van der Waals surface area contributed by atoms with Crippen molar-refractivity contribution in [3.63, 3.8) is 0 Å². The number of nitrogens with one attached hydrogen (secondary N) is 1. The van der Waals surface area contributed by atoms with E-state index in [1.165, 1.54) is 38.6 Å². The molecular formula is C14H27N. The molecule has 0 spiro atoms. The number of fused-ring (bicyclic) bond motifs is 1. The van der Waals surface area contributed by atoms with Gasteiger partial charge < -0.3 is 5.32 Å². The highest BCUT2D eigenvalue weighted by molar-refractivity contribution is 4.83. The lowest BCUT2D eigenvalue weighted by molar-refractivity contribution is 0.124. The summed E-state index contributed by atoms with van der Waals surface area (Å²) in [5.74, 6) is 3.31. The standard InChI is InChI=1S/C14H27N/c1-15-10-4-5-12-8-9-13-6-2-3-7-14(13)11-12/h12-15H,2-11H2,1H3. The highest BCUT2D eigenvalue weighted by atomic mass is 14.8. The highest BCUT2D eigenvalue weighted by Crippen LogP contribution is 2.43. The fourth-order valence-corrected chi connectivity index (χ4v) is 3.80. The molecule has 0 aliphatic heterocycles. The maximum atomic E-state index is 3.26. The second-order valence-corrected chi connectivity index (χ2v) is 5.73. The molecule has 0 radical (unpaired) electrons. The Labute approximate surface area is 95.0 Å². The van der Waals surface area contributed by atoms with Crippen LogP contribution < -0.4 is 5.32 Å². The minimum absolute atomic E-state index is 1.07. The molecule has 0 saturated heterocycles. The molecule has 1 N–H and O–H groups in total. The van der Waals surface area contributed by atoms with E-state index in [4.69, 9.17) is 0 Å². The summed E-state index contributed by atoms with van der Waals surface area (Å²) in [7, 11) is 2.07. The van der Waals surface area contributed by atoms with Gasteiger partial charge in [0.1, 0.15) is 0 Å². The first-order valence-corrected chi connectivity index (χ1v) is 7.04. The van der Waals surface area contributed by atoms with Gasteiger partial charge in [0.2, 0.25) is 0 Å². The predicted molar refractivity (Wildman–Crippen MR) is 65.9 cm³/mol. The molecule has 0 aromatic heterocycles. The Kier molecular flexibility index (Phi) is 4.49. The van der Waals surface area contributed by atoms with E-state index in [1.54, 1.807) is 25.7 Å². The van der Waals surface area contributed by atoms with Gasteiger partial charge in [-0.2, -0.15) is 0 Å². The summed E-state index contributed by atoms with van der Waals surface area (Å²) in [5.41, 5.74) is 0. The maximum absolute atomic E-state index is 3.26. The molecule has 0 bridgehead atoms. The van der Waals surface area contributed by atoms with Crippen LogP contribution in [0.5, 0.6) is 0 Å². The monoisotopic (exact) mass is 209 g/mol. The molecule has 2 rings (SSSR count). The molecular weight excluding hydrogens is 182 g/mol. The summed E-state index contributed by atoms with van der Waals surface area (Å²) in [6.07, 6.45) is 13.6. The average Bonchev–Trinajstić information content (AvgIpc) is 2.29. The van der Waals surface area contributed by atoms with Gasteiger partial charge in [-0.15, -0.1) is 0 Å². The molecule has 2 fully saturated rings. The van der Waals surface area contributed by atoms with Gasteiger partial charge in [-0.1, -0.05) is 32.1 Å². The van der Waals surface area contributed by atoms with Crippen molar-refractivity contribution in [3.8, 4) is 0 Å². The lowest BCUT2D eigenvalue weighted by Crippen LogP contribution is -2.28. The third-order valence-electron chi connectivity index (χ3n) is 4.69. The molecule has 1 nitrogen and oxygen atoms in total. The SMILES string of the molecule is CNCCCC1CCC2CCCCC2C1. The molecule has 2 aliphatic rings. The summed E-state index contributed by atoms with van der Waals surface area (Å²) in [6.45, 7) is 1.21. The third kappa shape index (κ3) is 3.21. The van der Waals surface area contributed by atoms with Gasteiger partial charge in [-0.3, -0.25) is 0 Å². The fraction of sp³-hybridized carbons (Fsp3) is 1.00. The molecule has 1 heteroatoms. The maximum Gasteiger partial charge on any atom is -0.00518 e. The zero-order valence-corrected chi connectivity index (χ0v) is 10.3. The zero-order chi connectivity index (χ0) is 10.5. The first-order chi connectivity index (χ1) is 7.40. The molecule has 3 unspecified atom stereocenters. The molecule has 2 saturated carbocycles. The predicted octanol–water partition coefficient (Wildman–Crippen LogP) is 3.59. The Bertz CT molecular complexity index is 176. The molecule has 15 heavy (non-hydrogen) atoms. The van der Waals surface area contributed by atoms with E-state index in [2.05, 4.69) is 12.4 Å². The van der Waals surface area contributed by atoms with Crippen LogP contribution in [0.4, 0.5) is 0 Å². The summed E-state index contributed by atoms with van der Waals surface area (Å²) in [6, 6.07) is 0. The van der Waals surface area contributed by atoms with Crippen LogP contribution in [0, 0.1) is 17.8 Å². The zero-order valence-electron chi connectivity index (χ0n) is 10.3. The highest BCUT2D eigenvalue weighted by Gasteiger charge is 2.31. The van der Waals surface area contributed by atoms with E-state index < -0.39 is 0 Å². The third-order valence-corrected chi connectivity index (χ3v) is 4.69. The quantitative estimate of drug-likeness (QED) is 0.698. The Hall–Kier alpha value is -0.0400. The molecule has 0 amide bonds.